The van der Waals surface area contributed by atoms with Crippen LogP contribution in [0, 0.1) is 6.92 Å². The van der Waals surface area contributed by atoms with E-state index in [9.17, 15) is 14.7 Å². The van der Waals surface area contributed by atoms with Gasteiger partial charge >= 0.3 is 6.09 Å². The number of aryl methyl sites for hydroxylation is 1. The number of hydrogen-bond donors (Lipinski definition) is 2. The van der Waals surface area contributed by atoms with Gasteiger partial charge in [-0.15, -0.1) is 0 Å². The van der Waals surface area contributed by atoms with Gasteiger partial charge in [-0.3, -0.25) is 4.79 Å². The largest absolute Gasteiger partial charge is 0.490 e. The third-order valence-electron chi connectivity index (χ3n) is 7.20. The smallest absolute Gasteiger partial charge is 0.407 e. The molecule has 3 aromatic carbocycles. The quantitative estimate of drug-likeness (QED) is 0.0611. The molecule has 0 aliphatic rings. The van der Waals surface area contributed by atoms with E-state index < -0.39 is 12.2 Å². The van der Waals surface area contributed by atoms with Crippen LogP contribution in [0.15, 0.2) is 65.8 Å². The fourth-order valence-corrected chi connectivity index (χ4v) is 4.73. The van der Waals surface area contributed by atoms with Crippen LogP contribution < -0.4 is 10.1 Å². The van der Waals surface area contributed by atoms with E-state index in [1.54, 1.807) is 11.0 Å². The summed E-state index contributed by atoms with van der Waals surface area (Å²) in [6, 6.07) is 19.2. The minimum Gasteiger partial charge on any atom is -0.490 e. The van der Waals surface area contributed by atoms with Gasteiger partial charge in [-0.1, -0.05) is 60.1 Å². The average Bonchev–Trinajstić information content (AvgIpc) is 3.06. The molecule has 46 heavy (non-hydrogen) atoms. The summed E-state index contributed by atoms with van der Waals surface area (Å²) < 4.78 is 21.6. The second-order valence-electron chi connectivity index (χ2n) is 10.7. The first kappa shape index (κ1) is 36.1. The third-order valence-corrected chi connectivity index (χ3v) is 7.20. The number of alkyl carbamates (subject to hydrolysis) is 1. The Labute approximate surface area is 270 Å². The number of fused-ring (bicyclic) bond motifs is 1. The van der Waals surface area contributed by atoms with Crippen molar-refractivity contribution >= 4 is 28.5 Å². The normalized spacial score (nSPS) is 11.5. The second-order valence-corrected chi connectivity index (χ2v) is 10.7. The summed E-state index contributed by atoms with van der Waals surface area (Å²) in [5.74, 6) is 0.635. The van der Waals surface area contributed by atoms with Gasteiger partial charge in [0.1, 0.15) is 19.0 Å². The molecule has 0 bridgehead atoms. The van der Waals surface area contributed by atoms with E-state index >= 15 is 0 Å². The van der Waals surface area contributed by atoms with Crippen molar-refractivity contribution in [1.29, 1.82) is 0 Å². The van der Waals surface area contributed by atoms with Gasteiger partial charge in [0.2, 0.25) is 5.91 Å². The Kier molecular flexibility index (Phi) is 16.2. The standard InChI is InChI=1S/C34H45N5O7/c1-3-43-19-20-44-21-22-45-34(42)36-17-18-39(24-27-16-15-26(2)31(23-27)37-38-35)33(41)14-7-5-11-29(40)25-46-32-13-8-10-28-9-4-6-12-30(28)32/h4,6,8-10,12-13,15-16,23,29,40H,3,5,7,11,14,17-22,24-25H2,1-2H3,(H,36,42)/t29-/m0/s1. The molecular formula is C34H45N5O7. The molecule has 0 heterocycles. The summed E-state index contributed by atoms with van der Waals surface area (Å²) in [7, 11) is 0. The van der Waals surface area contributed by atoms with Crippen LogP contribution in [-0.4, -0.2) is 80.8 Å². The molecule has 12 heteroatoms. The molecule has 1 atom stereocenters. The Balaban J connectivity index is 1.46. The molecule has 2 amide bonds. The van der Waals surface area contributed by atoms with Crippen LogP contribution in [0.3, 0.4) is 0 Å². The predicted molar refractivity (Wildman–Crippen MR) is 176 cm³/mol. The van der Waals surface area contributed by atoms with Crippen molar-refractivity contribution in [2.45, 2.75) is 52.2 Å². The van der Waals surface area contributed by atoms with Crippen LogP contribution >= 0.6 is 0 Å². The van der Waals surface area contributed by atoms with E-state index in [0.29, 0.717) is 44.8 Å². The van der Waals surface area contributed by atoms with Gasteiger partial charge in [-0.2, -0.15) is 0 Å². The van der Waals surface area contributed by atoms with Gasteiger partial charge in [-0.05, 0) is 60.9 Å². The zero-order chi connectivity index (χ0) is 33.0. The number of carbonyl (C=O) groups excluding carboxylic acids is 2. The van der Waals surface area contributed by atoms with Gasteiger partial charge in [0.25, 0.3) is 0 Å². The maximum absolute atomic E-state index is 13.3. The first-order valence-corrected chi connectivity index (χ1v) is 15.7. The molecule has 0 aliphatic carbocycles. The van der Waals surface area contributed by atoms with Crippen LogP contribution in [0.25, 0.3) is 21.2 Å². The zero-order valence-electron chi connectivity index (χ0n) is 26.7. The highest BCUT2D eigenvalue weighted by atomic mass is 16.6. The summed E-state index contributed by atoms with van der Waals surface area (Å²) in [5, 5.41) is 19.0. The molecule has 0 fully saturated rings. The Hall–Kier alpha value is -4.35. The molecule has 3 aromatic rings. The van der Waals surface area contributed by atoms with Crippen molar-refractivity contribution in [3.8, 4) is 5.75 Å². The molecule has 248 valence electrons. The maximum Gasteiger partial charge on any atom is 0.407 e. The van der Waals surface area contributed by atoms with Crippen LogP contribution in [0.5, 0.6) is 5.75 Å². The SMILES string of the molecule is CCOCCOCCOC(=O)NCCN(Cc1ccc(C)c(N=[N+]=[N-])c1)C(=O)CCCC[C@H](O)COc1cccc2ccccc12. The number of nitrogens with one attached hydrogen (secondary N) is 1. The molecule has 0 unspecified atom stereocenters. The Morgan fingerprint density at radius 3 is 2.63 bits per heavy atom. The Bertz CT molecular complexity index is 1420. The molecule has 0 aromatic heterocycles. The highest BCUT2D eigenvalue weighted by Crippen LogP contribution is 2.25. The summed E-state index contributed by atoms with van der Waals surface area (Å²) in [4.78, 5) is 30.0. The summed E-state index contributed by atoms with van der Waals surface area (Å²) in [6.07, 6.45) is 0.729. The van der Waals surface area contributed by atoms with E-state index in [1.807, 2.05) is 68.4 Å². The van der Waals surface area contributed by atoms with Crippen molar-refractivity contribution < 1.29 is 33.6 Å². The van der Waals surface area contributed by atoms with Crippen molar-refractivity contribution in [1.82, 2.24) is 10.2 Å². The van der Waals surface area contributed by atoms with Gasteiger partial charge < -0.3 is 34.3 Å². The molecule has 12 nitrogen and oxygen atoms in total. The maximum atomic E-state index is 13.3. The summed E-state index contributed by atoms with van der Waals surface area (Å²) in [5.41, 5.74) is 11.0. The number of amides is 2. The number of azide groups is 1. The van der Waals surface area contributed by atoms with Gasteiger partial charge in [0.05, 0.1) is 25.9 Å². The number of ether oxygens (including phenoxy) is 4. The molecular weight excluding hydrogens is 590 g/mol. The molecule has 2 N–H and O–H groups in total. The fraction of sp³-hybridized carbons (Fsp3) is 0.471. The van der Waals surface area contributed by atoms with Gasteiger partial charge in [-0.25, -0.2) is 4.79 Å². The molecule has 0 spiro atoms. The topological polar surface area (TPSA) is 155 Å². The number of rotatable bonds is 21. The van der Waals surface area contributed by atoms with E-state index in [2.05, 4.69) is 15.3 Å². The molecule has 3 rings (SSSR count). The summed E-state index contributed by atoms with van der Waals surface area (Å²) >= 11 is 0. The Morgan fingerprint density at radius 2 is 1.80 bits per heavy atom. The van der Waals surface area contributed by atoms with Gasteiger partial charge in [0.15, 0.2) is 0 Å². The lowest BCUT2D eigenvalue weighted by Crippen LogP contribution is -2.38. The lowest BCUT2D eigenvalue weighted by Gasteiger charge is -2.24. The van der Waals surface area contributed by atoms with E-state index in [4.69, 9.17) is 24.5 Å². The van der Waals surface area contributed by atoms with Crippen molar-refractivity contribution in [3.63, 3.8) is 0 Å². The number of unbranched alkanes of at least 4 members (excludes halogenated alkanes) is 1. The highest BCUT2D eigenvalue weighted by molar-refractivity contribution is 5.88. The number of nitrogens with zero attached hydrogens (tertiary/aromatic N) is 4. The van der Waals surface area contributed by atoms with E-state index in [1.165, 1.54) is 0 Å². The predicted octanol–water partition coefficient (Wildman–Crippen LogP) is 6.20. The van der Waals surface area contributed by atoms with Crippen LogP contribution in [-0.2, 0) is 25.5 Å². The molecule has 0 saturated carbocycles. The van der Waals surface area contributed by atoms with Crippen molar-refractivity contribution in [2.24, 2.45) is 5.11 Å². The number of benzene rings is 3. The number of aliphatic hydroxyl groups excluding tert-OH is 1. The molecule has 0 saturated heterocycles. The minimum atomic E-state index is -0.665. The minimum absolute atomic E-state index is 0.0923. The highest BCUT2D eigenvalue weighted by Gasteiger charge is 2.16. The van der Waals surface area contributed by atoms with Gasteiger partial charge in [0, 0.05) is 48.6 Å². The van der Waals surface area contributed by atoms with E-state index in [0.717, 1.165) is 27.6 Å². The second kappa shape index (κ2) is 20.6. The first-order chi connectivity index (χ1) is 22.4. The lowest BCUT2D eigenvalue weighted by atomic mass is 10.1. The number of carbonyl (C=O) groups is 2. The zero-order valence-corrected chi connectivity index (χ0v) is 26.7. The number of hydrogen-bond acceptors (Lipinski definition) is 8. The molecule has 0 radical (unpaired) electrons. The lowest BCUT2D eigenvalue weighted by molar-refractivity contribution is -0.132. The van der Waals surface area contributed by atoms with Crippen LogP contribution in [0.4, 0.5) is 10.5 Å². The third kappa shape index (κ3) is 12.9. The average molecular weight is 636 g/mol. The van der Waals surface area contributed by atoms with Crippen molar-refractivity contribution in [3.05, 3.63) is 82.2 Å². The number of aliphatic hydroxyl groups is 1. The Morgan fingerprint density at radius 1 is 1.02 bits per heavy atom. The van der Waals surface area contributed by atoms with Crippen LogP contribution in [0.2, 0.25) is 0 Å². The van der Waals surface area contributed by atoms with Crippen LogP contribution in [0.1, 0.15) is 43.7 Å². The van der Waals surface area contributed by atoms with Crippen molar-refractivity contribution in [2.75, 3.05) is 52.7 Å². The molecule has 0 aliphatic heterocycles. The monoisotopic (exact) mass is 635 g/mol. The summed E-state index contributed by atoms with van der Waals surface area (Å²) in [6.45, 7) is 6.52. The first-order valence-electron chi connectivity index (χ1n) is 15.7. The van der Waals surface area contributed by atoms with E-state index in [-0.39, 0.29) is 51.8 Å². The fourth-order valence-electron chi connectivity index (χ4n) is 4.73.